The molecule has 1 aliphatic rings. The van der Waals surface area contributed by atoms with Gasteiger partial charge in [-0.2, -0.15) is 18.3 Å². The Morgan fingerprint density at radius 1 is 1.44 bits per heavy atom. The summed E-state index contributed by atoms with van der Waals surface area (Å²) in [7, 11) is 1.22. The second-order valence-corrected chi connectivity index (χ2v) is 3.92. The van der Waals surface area contributed by atoms with Crippen molar-refractivity contribution in [2.75, 3.05) is 0 Å². The van der Waals surface area contributed by atoms with E-state index in [-0.39, 0.29) is 0 Å². The lowest BCUT2D eigenvalue weighted by Crippen LogP contribution is -2.29. The molecule has 0 aromatic carbocycles. The second-order valence-electron chi connectivity index (χ2n) is 3.92. The molecule has 1 heterocycles. The van der Waals surface area contributed by atoms with Gasteiger partial charge in [-0.25, -0.2) is 8.78 Å². The fourth-order valence-electron chi connectivity index (χ4n) is 1.62. The molecule has 90 valence electrons. The molecule has 1 saturated carbocycles. The Bertz CT molecular complexity index is 435. The summed E-state index contributed by atoms with van der Waals surface area (Å²) in [5.74, 6) is -3.30. The van der Waals surface area contributed by atoms with Crippen LogP contribution in [-0.4, -0.2) is 15.7 Å². The van der Waals surface area contributed by atoms with Crippen molar-refractivity contribution >= 4 is 0 Å². The molecule has 1 atom stereocenters. The first-order valence-electron chi connectivity index (χ1n) is 4.36. The maximum Gasteiger partial charge on any atom is 0.435 e. The van der Waals surface area contributed by atoms with E-state index >= 15 is 0 Å². The van der Waals surface area contributed by atoms with Crippen LogP contribution in [0.3, 0.4) is 0 Å². The molecule has 8 heteroatoms. The fourth-order valence-corrected chi connectivity index (χ4v) is 1.62. The smallest absolute Gasteiger partial charge is 0.316 e. The maximum atomic E-state index is 12.9. The van der Waals surface area contributed by atoms with E-state index in [2.05, 4.69) is 5.10 Å². The highest BCUT2D eigenvalue weighted by atomic mass is 19.4. The minimum atomic E-state index is -4.78. The third kappa shape index (κ3) is 1.40. The summed E-state index contributed by atoms with van der Waals surface area (Å²) in [6.07, 6.45) is -4.67. The van der Waals surface area contributed by atoms with Crippen molar-refractivity contribution in [3.63, 3.8) is 0 Å². The van der Waals surface area contributed by atoms with E-state index < -0.39 is 35.3 Å². The van der Waals surface area contributed by atoms with E-state index in [0.717, 1.165) is 10.9 Å². The van der Waals surface area contributed by atoms with Crippen LogP contribution in [0.1, 0.15) is 17.7 Å². The highest BCUT2D eigenvalue weighted by molar-refractivity contribution is 5.38. The zero-order valence-electron chi connectivity index (χ0n) is 8.15. The number of alkyl halides is 5. The number of halogens is 5. The van der Waals surface area contributed by atoms with Gasteiger partial charge < -0.3 is 5.73 Å². The maximum absolute atomic E-state index is 12.9. The van der Waals surface area contributed by atoms with Gasteiger partial charge in [-0.1, -0.05) is 0 Å². The minimum Gasteiger partial charge on any atom is -0.316 e. The molecule has 16 heavy (non-hydrogen) atoms. The lowest BCUT2D eigenvalue weighted by Gasteiger charge is -2.11. The summed E-state index contributed by atoms with van der Waals surface area (Å²) in [5, 5.41) is 3.13. The van der Waals surface area contributed by atoms with Crippen LogP contribution in [-0.2, 0) is 18.8 Å². The Labute approximate surface area is 87.0 Å². The summed E-state index contributed by atoms with van der Waals surface area (Å²) in [6.45, 7) is 0. The van der Waals surface area contributed by atoms with E-state index in [1.165, 1.54) is 7.05 Å². The standard InChI is InChI=1S/C8H8F5N3/c1-16-2-4(5(15-16)8(11,12)13)6(14)3-7(6,9)10/h2H,3,14H2,1H3. The average molecular weight is 241 g/mol. The monoisotopic (exact) mass is 241 g/mol. The molecule has 0 amide bonds. The Morgan fingerprint density at radius 2 is 1.94 bits per heavy atom. The zero-order chi connectivity index (χ0) is 12.4. The molecule has 1 aliphatic carbocycles. The minimum absolute atomic E-state index is 0.646. The molecule has 1 aromatic heterocycles. The van der Waals surface area contributed by atoms with Crippen molar-refractivity contribution in [1.29, 1.82) is 0 Å². The van der Waals surface area contributed by atoms with Crippen LogP contribution in [0.4, 0.5) is 22.0 Å². The molecule has 1 aromatic rings. The van der Waals surface area contributed by atoms with E-state index in [1.807, 2.05) is 0 Å². The van der Waals surface area contributed by atoms with Crippen molar-refractivity contribution in [1.82, 2.24) is 9.78 Å². The SMILES string of the molecule is Cn1cc(C2(N)CC2(F)F)c(C(F)(F)F)n1. The molecule has 0 aliphatic heterocycles. The number of aryl methyl sites for hydroxylation is 1. The summed E-state index contributed by atoms with van der Waals surface area (Å²) in [5.41, 5.74) is 1.04. The van der Waals surface area contributed by atoms with Crippen LogP contribution < -0.4 is 5.73 Å². The summed E-state index contributed by atoms with van der Waals surface area (Å²) >= 11 is 0. The van der Waals surface area contributed by atoms with Crippen LogP contribution in [0, 0.1) is 0 Å². The van der Waals surface area contributed by atoms with Gasteiger partial charge in [0, 0.05) is 25.2 Å². The molecular formula is C8H8F5N3. The fraction of sp³-hybridized carbons (Fsp3) is 0.625. The first kappa shape index (κ1) is 11.3. The van der Waals surface area contributed by atoms with Crippen LogP contribution in [0.2, 0.25) is 0 Å². The number of nitrogens with two attached hydrogens (primary N) is 1. The normalized spacial score (nSPS) is 28.2. The Kier molecular flexibility index (Phi) is 1.93. The lowest BCUT2D eigenvalue weighted by atomic mass is 10.1. The van der Waals surface area contributed by atoms with Gasteiger partial charge >= 0.3 is 6.18 Å². The van der Waals surface area contributed by atoms with Gasteiger partial charge in [-0.15, -0.1) is 0 Å². The van der Waals surface area contributed by atoms with Gasteiger partial charge in [0.15, 0.2) is 5.69 Å². The summed E-state index contributed by atoms with van der Waals surface area (Å²) in [4.78, 5) is 0. The first-order valence-corrected chi connectivity index (χ1v) is 4.36. The molecule has 3 nitrogen and oxygen atoms in total. The van der Waals surface area contributed by atoms with Gasteiger partial charge in [0.25, 0.3) is 5.92 Å². The van der Waals surface area contributed by atoms with Crippen molar-refractivity contribution in [3.8, 4) is 0 Å². The highest BCUT2D eigenvalue weighted by Gasteiger charge is 2.72. The molecule has 2 N–H and O–H groups in total. The van der Waals surface area contributed by atoms with E-state index in [9.17, 15) is 22.0 Å². The molecule has 0 spiro atoms. The van der Waals surface area contributed by atoms with Gasteiger partial charge in [-0.05, 0) is 0 Å². The van der Waals surface area contributed by atoms with E-state index in [1.54, 1.807) is 0 Å². The third-order valence-corrected chi connectivity index (χ3v) is 2.61. The number of rotatable bonds is 1. The van der Waals surface area contributed by atoms with Crippen LogP contribution in [0.25, 0.3) is 0 Å². The largest absolute Gasteiger partial charge is 0.435 e. The van der Waals surface area contributed by atoms with Crippen molar-refractivity contribution < 1.29 is 22.0 Å². The average Bonchev–Trinajstić information content (AvgIpc) is 2.46. The molecule has 0 saturated heterocycles. The highest BCUT2D eigenvalue weighted by Crippen LogP contribution is 2.59. The number of hydrogen-bond acceptors (Lipinski definition) is 2. The number of aromatic nitrogens is 2. The first-order chi connectivity index (χ1) is 7.08. The molecule has 0 bridgehead atoms. The van der Waals surface area contributed by atoms with Gasteiger partial charge in [0.05, 0.1) is 0 Å². The lowest BCUT2D eigenvalue weighted by molar-refractivity contribution is -0.142. The Hall–Kier alpha value is -1.18. The molecular weight excluding hydrogens is 233 g/mol. The third-order valence-electron chi connectivity index (χ3n) is 2.61. The van der Waals surface area contributed by atoms with Gasteiger partial charge in [0.1, 0.15) is 5.54 Å². The predicted octanol–water partition coefficient (Wildman–Crippen LogP) is 1.63. The molecule has 1 fully saturated rings. The molecule has 2 rings (SSSR count). The summed E-state index contributed by atoms with van der Waals surface area (Å²) in [6, 6.07) is 0. The Balaban J connectivity index is 2.51. The van der Waals surface area contributed by atoms with Gasteiger partial charge in [-0.3, -0.25) is 4.68 Å². The van der Waals surface area contributed by atoms with Crippen LogP contribution in [0.15, 0.2) is 6.20 Å². The van der Waals surface area contributed by atoms with Crippen LogP contribution in [0.5, 0.6) is 0 Å². The van der Waals surface area contributed by atoms with Crippen molar-refractivity contribution in [3.05, 3.63) is 17.5 Å². The predicted molar refractivity (Wildman–Crippen MR) is 43.6 cm³/mol. The molecule has 1 unspecified atom stereocenters. The number of hydrogen-bond donors (Lipinski definition) is 1. The quantitative estimate of drug-likeness (QED) is 0.759. The Morgan fingerprint density at radius 3 is 2.31 bits per heavy atom. The van der Waals surface area contributed by atoms with E-state index in [4.69, 9.17) is 5.73 Å². The second kappa shape index (κ2) is 2.73. The zero-order valence-corrected chi connectivity index (χ0v) is 8.15. The molecule has 0 radical (unpaired) electrons. The van der Waals surface area contributed by atoms with Crippen LogP contribution >= 0.6 is 0 Å². The van der Waals surface area contributed by atoms with Crippen molar-refractivity contribution in [2.24, 2.45) is 12.8 Å². The van der Waals surface area contributed by atoms with Crippen molar-refractivity contribution in [2.45, 2.75) is 24.1 Å². The topological polar surface area (TPSA) is 43.8 Å². The van der Waals surface area contributed by atoms with E-state index in [0.29, 0.717) is 0 Å². The number of nitrogens with zero attached hydrogens (tertiary/aromatic N) is 2. The summed E-state index contributed by atoms with van der Waals surface area (Å²) < 4.78 is 64.1. The van der Waals surface area contributed by atoms with Gasteiger partial charge in [0.2, 0.25) is 0 Å².